The van der Waals surface area contributed by atoms with Gasteiger partial charge in [-0.2, -0.15) is 17.0 Å². The molecule has 0 unspecified atom stereocenters. The van der Waals surface area contributed by atoms with E-state index in [9.17, 15) is 4.79 Å². The molecule has 0 heterocycles. The van der Waals surface area contributed by atoms with Crippen LogP contribution in [0.2, 0.25) is 0 Å². The van der Waals surface area contributed by atoms with Gasteiger partial charge in [0.1, 0.15) is 0 Å². The Hall–Kier alpha value is -0.690. The smallest absolute Gasteiger partial charge is 0.223 e. The van der Waals surface area contributed by atoms with Crippen molar-refractivity contribution >= 4 is 17.7 Å². The molecule has 1 aliphatic rings. The maximum Gasteiger partial charge on any atom is 0.223 e. The summed E-state index contributed by atoms with van der Waals surface area (Å²) in [7, 11) is 1.78. The Labute approximate surface area is 102 Å². The molecular weight excluding hydrogens is 220 g/mol. The lowest BCUT2D eigenvalue weighted by atomic mass is 10.3. The highest BCUT2D eigenvalue weighted by atomic mass is 32.2. The average molecular weight is 240 g/mol. The van der Waals surface area contributed by atoms with Crippen molar-refractivity contribution in [1.29, 1.82) is 5.26 Å². The molecule has 0 radical (unpaired) electrons. The van der Waals surface area contributed by atoms with Gasteiger partial charge in [-0.15, -0.1) is 0 Å². The first-order chi connectivity index (χ1) is 7.74. The summed E-state index contributed by atoms with van der Waals surface area (Å²) in [4.78, 5) is 13.3. The molecule has 4 heteroatoms. The summed E-state index contributed by atoms with van der Waals surface area (Å²) in [6, 6.07) is 2.06. The SMILES string of the molecule is CN(CCC#N)C(=O)CCSC1CCCC1. The number of thioether (sulfide) groups is 1. The molecule has 0 aromatic rings. The first kappa shape index (κ1) is 13.4. The van der Waals surface area contributed by atoms with Crippen LogP contribution >= 0.6 is 11.8 Å². The van der Waals surface area contributed by atoms with Gasteiger partial charge in [0, 0.05) is 31.0 Å². The minimum Gasteiger partial charge on any atom is -0.345 e. The molecular formula is C12H20N2OS. The van der Waals surface area contributed by atoms with E-state index in [0.717, 1.165) is 11.0 Å². The van der Waals surface area contributed by atoms with Crippen molar-refractivity contribution in [3.63, 3.8) is 0 Å². The largest absolute Gasteiger partial charge is 0.345 e. The summed E-state index contributed by atoms with van der Waals surface area (Å²) in [6.07, 6.45) is 6.40. The van der Waals surface area contributed by atoms with E-state index in [4.69, 9.17) is 5.26 Å². The second kappa shape index (κ2) is 7.56. The Morgan fingerprint density at radius 1 is 1.50 bits per heavy atom. The van der Waals surface area contributed by atoms with Crippen LogP contribution in [0.15, 0.2) is 0 Å². The van der Waals surface area contributed by atoms with E-state index in [2.05, 4.69) is 6.07 Å². The monoisotopic (exact) mass is 240 g/mol. The first-order valence-electron chi connectivity index (χ1n) is 5.96. The number of nitrogens with zero attached hydrogens (tertiary/aromatic N) is 2. The number of hydrogen-bond donors (Lipinski definition) is 0. The van der Waals surface area contributed by atoms with Gasteiger partial charge in [-0.25, -0.2) is 0 Å². The van der Waals surface area contributed by atoms with Crippen LogP contribution in [0.4, 0.5) is 0 Å². The van der Waals surface area contributed by atoms with Crippen molar-refractivity contribution < 1.29 is 4.79 Å². The summed E-state index contributed by atoms with van der Waals surface area (Å²) in [5.74, 6) is 1.10. The molecule has 3 nitrogen and oxygen atoms in total. The lowest BCUT2D eigenvalue weighted by molar-refractivity contribution is -0.129. The normalized spacial score (nSPS) is 16.0. The Morgan fingerprint density at radius 2 is 2.19 bits per heavy atom. The molecule has 0 saturated heterocycles. The summed E-state index contributed by atoms with van der Waals surface area (Å²) in [5.41, 5.74) is 0. The molecule has 0 aromatic heterocycles. The third-order valence-electron chi connectivity index (χ3n) is 2.96. The van der Waals surface area contributed by atoms with E-state index in [0.29, 0.717) is 19.4 Å². The van der Waals surface area contributed by atoms with E-state index in [-0.39, 0.29) is 5.91 Å². The topological polar surface area (TPSA) is 44.1 Å². The molecule has 0 aliphatic heterocycles. The van der Waals surface area contributed by atoms with Gasteiger partial charge in [-0.1, -0.05) is 12.8 Å². The van der Waals surface area contributed by atoms with E-state index >= 15 is 0 Å². The van der Waals surface area contributed by atoms with Crippen molar-refractivity contribution in [3.05, 3.63) is 0 Å². The van der Waals surface area contributed by atoms with Crippen LogP contribution in [-0.2, 0) is 4.79 Å². The van der Waals surface area contributed by atoms with Crippen molar-refractivity contribution in [2.45, 2.75) is 43.8 Å². The molecule has 0 bridgehead atoms. The van der Waals surface area contributed by atoms with Crippen molar-refractivity contribution in [3.8, 4) is 6.07 Å². The zero-order valence-corrected chi connectivity index (χ0v) is 10.8. The Bertz CT molecular complexity index is 256. The molecule has 1 amide bonds. The molecule has 90 valence electrons. The number of carbonyl (C=O) groups is 1. The molecule has 0 spiro atoms. The van der Waals surface area contributed by atoms with Crippen LogP contribution in [0.1, 0.15) is 38.5 Å². The maximum absolute atomic E-state index is 11.6. The van der Waals surface area contributed by atoms with Crippen molar-refractivity contribution in [2.24, 2.45) is 0 Å². The molecule has 16 heavy (non-hydrogen) atoms. The highest BCUT2D eigenvalue weighted by Gasteiger charge is 2.16. The van der Waals surface area contributed by atoms with Crippen LogP contribution in [0, 0.1) is 11.3 Å². The predicted molar refractivity (Wildman–Crippen MR) is 67.2 cm³/mol. The fourth-order valence-corrected chi connectivity index (χ4v) is 3.19. The molecule has 0 atom stereocenters. The van der Waals surface area contributed by atoms with Gasteiger partial charge in [0.2, 0.25) is 5.91 Å². The van der Waals surface area contributed by atoms with E-state index in [1.54, 1.807) is 11.9 Å². The third-order valence-corrected chi connectivity index (χ3v) is 4.34. The molecule has 1 aliphatic carbocycles. The van der Waals surface area contributed by atoms with E-state index < -0.39 is 0 Å². The Kier molecular flexibility index (Phi) is 6.32. The minimum atomic E-state index is 0.167. The summed E-state index contributed by atoms with van der Waals surface area (Å²) in [5, 5.41) is 9.21. The number of rotatable bonds is 6. The number of carbonyl (C=O) groups excluding carboxylic acids is 1. The molecule has 1 rings (SSSR count). The van der Waals surface area contributed by atoms with Gasteiger partial charge < -0.3 is 4.90 Å². The lowest BCUT2D eigenvalue weighted by Crippen LogP contribution is -2.27. The summed E-state index contributed by atoms with van der Waals surface area (Å²) in [6.45, 7) is 0.559. The van der Waals surface area contributed by atoms with Crippen molar-refractivity contribution in [2.75, 3.05) is 19.3 Å². The highest BCUT2D eigenvalue weighted by molar-refractivity contribution is 7.99. The van der Waals surface area contributed by atoms with Crippen LogP contribution in [0.25, 0.3) is 0 Å². The highest BCUT2D eigenvalue weighted by Crippen LogP contribution is 2.29. The zero-order chi connectivity index (χ0) is 11.8. The standard InChI is InChI=1S/C12H20N2OS/c1-14(9-4-8-13)12(15)7-10-16-11-5-2-3-6-11/h11H,2-7,9-10H2,1H3. The van der Waals surface area contributed by atoms with Crippen LogP contribution < -0.4 is 0 Å². The molecule has 0 aromatic carbocycles. The van der Waals surface area contributed by atoms with Gasteiger partial charge >= 0.3 is 0 Å². The van der Waals surface area contributed by atoms with Crippen molar-refractivity contribution in [1.82, 2.24) is 4.90 Å². The first-order valence-corrected chi connectivity index (χ1v) is 7.01. The van der Waals surface area contributed by atoms with Gasteiger partial charge in [-0.3, -0.25) is 4.79 Å². The van der Waals surface area contributed by atoms with Gasteiger partial charge in [-0.05, 0) is 12.8 Å². The zero-order valence-electron chi connectivity index (χ0n) is 9.95. The van der Waals surface area contributed by atoms with E-state index in [1.165, 1.54) is 25.7 Å². The van der Waals surface area contributed by atoms with Gasteiger partial charge in [0.05, 0.1) is 12.5 Å². The van der Waals surface area contributed by atoms with Gasteiger partial charge in [0.25, 0.3) is 0 Å². The fraction of sp³-hybridized carbons (Fsp3) is 0.833. The van der Waals surface area contributed by atoms with Crippen LogP contribution in [0.3, 0.4) is 0 Å². The number of amides is 1. The molecule has 1 fully saturated rings. The number of hydrogen-bond acceptors (Lipinski definition) is 3. The molecule has 1 saturated carbocycles. The quantitative estimate of drug-likeness (QED) is 0.716. The average Bonchev–Trinajstić information content (AvgIpc) is 2.78. The van der Waals surface area contributed by atoms with Gasteiger partial charge in [0.15, 0.2) is 0 Å². The Morgan fingerprint density at radius 3 is 2.81 bits per heavy atom. The summed E-state index contributed by atoms with van der Waals surface area (Å²) >= 11 is 1.94. The third kappa shape index (κ3) is 4.89. The van der Waals surface area contributed by atoms with Crippen LogP contribution in [0.5, 0.6) is 0 Å². The second-order valence-corrected chi connectivity index (χ2v) is 5.66. The summed E-state index contributed by atoms with van der Waals surface area (Å²) < 4.78 is 0. The fourth-order valence-electron chi connectivity index (χ4n) is 1.90. The lowest BCUT2D eigenvalue weighted by Gasteiger charge is -2.15. The predicted octanol–water partition coefficient (Wildman–Crippen LogP) is 2.42. The Balaban J connectivity index is 2.07. The second-order valence-electron chi connectivity index (χ2n) is 4.25. The minimum absolute atomic E-state index is 0.167. The molecule has 0 N–H and O–H groups in total. The maximum atomic E-state index is 11.6. The van der Waals surface area contributed by atoms with Crippen LogP contribution in [-0.4, -0.2) is 35.4 Å². The van der Waals surface area contributed by atoms with E-state index in [1.807, 2.05) is 11.8 Å². The number of nitriles is 1.